The minimum atomic E-state index is -0.475. The van der Waals surface area contributed by atoms with Crippen molar-refractivity contribution in [2.24, 2.45) is 11.0 Å². The topological polar surface area (TPSA) is 50.7 Å². The zero-order chi connectivity index (χ0) is 8.97. The summed E-state index contributed by atoms with van der Waals surface area (Å²) in [6.45, 7) is 4.06. The second-order valence-corrected chi connectivity index (χ2v) is 2.86. The molecule has 1 N–H and O–H groups in total. The van der Waals surface area contributed by atoms with E-state index in [4.69, 9.17) is 0 Å². The van der Waals surface area contributed by atoms with Gasteiger partial charge in [0.2, 0.25) is 0 Å². The first kappa shape index (κ1) is 9.03. The third-order valence-electron chi connectivity index (χ3n) is 1.77. The lowest BCUT2D eigenvalue weighted by molar-refractivity contribution is 0.152. The maximum atomic E-state index is 10.8. The molecule has 1 aliphatic rings. The van der Waals surface area contributed by atoms with Crippen molar-refractivity contribution >= 4 is 11.8 Å². The van der Waals surface area contributed by atoms with E-state index >= 15 is 0 Å². The Balaban J connectivity index is 2.21. The summed E-state index contributed by atoms with van der Waals surface area (Å²) >= 11 is 0. The van der Waals surface area contributed by atoms with E-state index in [0.29, 0.717) is 12.5 Å². The normalized spacial score (nSPS) is 17.3. The Morgan fingerprint density at radius 1 is 1.67 bits per heavy atom. The van der Waals surface area contributed by atoms with Gasteiger partial charge in [-0.2, -0.15) is 5.10 Å². The van der Waals surface area contributed by atoms with Crippen LogP contribution in [0, 0.1) is 5.92 Å². The van der Waals surface area contributed by atoms with Gasteiger partial charge >= 0.3 is 6.09 Å². The number of ether oxygens (including phenoxy) is 1. The molecule has 0 heterocycles. The second-order valence-electron chi connectivity index (χ2n) is 2.86. The summed E-state index contributed by atoms with van der Waals surface area (Å²) in [6, 6.07) is 0. The molecular weight excluding hydrogens is 156 g/mol. The van der Waals surface area contributed by atoms with E-state index in [0.717, 1.165) is 5.71 Å². The molecule has 0 aliphatic heterocycles. The fraction of sp³-hybridized carbons (Fsp3) is 0.750. The van der Waals surface area contributed by atoms with Crippen LogP contribution in [0.2, 0.25) is 0 Å². The van der Waals surface area contributed by atoms with E-state index in [-0.39, 0.29) is 0 Å². The molecule has 0 atom stereocenters. The number of hydrogen-bond acceptors (Lipinski definition) is 3. The molecule has 4 nitrogen and oxygen atoms in total. The van der Waals surface area contributed by atoms with Crippen LogP contribution in [0.3, 0.4) is 0 Å². The molecule has 1 saturated carbocycles. The smallest absolute Gasteiger partial charge is 0.427 e. The largest absolute Gasteiger partial charge is 0.449 e. The Bertz CT molecular complexity index is 197. The zero-order valence-corrected chi connectivity index (χ0v) is 7.46. The minimum Gasteiger partial charge on any atom is -0.449 e. The highest BCUT2D eigenvalue weighted by Gasteiger charge is 2.24. The number of rotatable bonds is 3. The molecule has 0 aromatic rings. The highest BCUT2D eigenvalue weighted by molar-refractivity contribution is 5.87. The number of amides is 1. The monoisotopic (exact) mass is 170 g/mol. The van der Waals surface area contributed by atoms with Gasteiger partial charge in [-0.25, -0.2) is 10.2 Å². The molecular formula is C8H14N2O2. The molecule has 1 rings (SSSR count). The van der Waals surface area contributed by atoms with Crippen LogP contribution in [0.5, 0.6) is 0 Å². The molecule has 0 radical (unpaired) electrons. The first-order valence-electron chi connectivity index (χ1n) is 4.21. The number of nitrogens with zero attached hydrogens (tertiary/aromatic N) is 1. The Morgan fingerprint density at radius 3 is 2.83 bits per heavy atom. The molecule has 0 aromatic heterocycles. The van der Waals surface area contributed by atoms with Crippen LogP contribution in [0.25, 0.3) is 0 Å². The molecule has 0 unspecified atom stereocenters. The number of nitrogens with one attached hydrogen (secondary N) is 1. The summed E-state index contributed by atoms with van der Waals surface area (Å²) in [7, 11) is 0. The summed E-state index contributed by atoms with van der Waals surface area (Å²) < 4.78 is 4.64. The number of carbonyl (C=O) groups is 1. The Hall–Kier alpha value is -1.06. The second kappa shape index (κ2) is 4.09. The van der Waals surface area contributed by atoms with E-state index in [2.05, 4.69) is 15.3 Å². The number of hydrazone groups is 1. The maximum Gasteiger partial charge on any atom is 0.427 e. The Morgan fingerprint density at radius 2 is 2.33 bits per heavy atom. The standard InChI is InChI=1S/C8H14N2O2/c1-3-12-8(11)10-9-6(2)7-4-5-7/h7H,3-5H2,1-2H3,(H,10,11). The first-order valence-corrected chi connectivity index (χ1v) is 4.21. The van der Waals surface area contributed by atoms with Gasteiger partial charge in [-0.05, 0) is 32.6 Å². The molecule has 1 fully saturated rings. The predicted molar refractivity (Wildman–Crippen MR) is 46.0 cm³/mol. The molecule has 1 amide bonds. The van der Waals surface area contributed by atoms with E-state index in [1.807, 2.05) is 6.92 Å². The van der Waals surface area contributed by atoms with Gasteiger partial charge in [-0.1, -0.05) is 0 Å². The summed E-state index contributed by atoms with van der Waals surface area (Å²) in [4.78, 5) is 10.8. The van der Waals surface area contributed by atoms with Crippen molar-refractivity contribution < 1.29 is 9.53 Å². The van der Waals surface area contributed by atoms with Crippen molar-refractivity contribution in [2.45, 2.75) is 26.7 Å². The number of carbonyl (C=O) groups excluding carboxylic acids is 1. The van der Waals surface area contributed by atoms with E-state index in [1.165, 1.54) is 12.8 Å². The van der Waals surface area contributed by atoms with Crippen LogP contribution in [-0.2, 0) is 4.74 Å². The summed E-state index contributed by atoms with van der Waals surface area (Å²) in [5.41, 5.74) is 3.32. The summed E-state index contributed by atoms with van der Waals surface area (Å²) in [5.74, 6) is 0.590. The lowest BCUT2D eigenvalue weighted by Gasteiger charge is -2.00. The van der Waals surface area contributed by atoms with Gasteiger partial charge in [0.15, 0.2) is 0 Å². The SMILES string of the molecule is CCOC(=O)NN=C(C)C1CC1. The van der Waals surface area contributed by atoms with Crippen molar-refractivity contribution in [1.82, 2.24) is 5.43 Å². The van der Waals surface area contributed by atoms with Crippen molar-refractivity contribution in [3.63, 3.8) is 0 Å². The molecule has 68 valence electrons. The third kappa shape index (κ3) is 2.90. The van der Waals surface area contributed by atoms with Gasteiger partial charge in [0.1, 0.15) is 0 Å². The van der Waals surface area contributed by atoms with Gasteiger partial charge in [0, 0.05) is 5.71 Å². The fourth-order valence-corrected chi connectivity index (χ4v) is 0.890. The zero-order valence-electron chi connectivity index (χ0n) is 7.46. The molecule has 1 aliphatic carbocycles. The predicted octanol–water partition coefficient (Wildman–Crippen LogP) is 1.52. The lowest BCUT2D eigenvalue weighted by Crippen LogP contribution is -2.20. The molecule has 4 heteroatoms. The van der Waals surface area contributed by atoms with Crippen molar-refractivity contribution in [2.75, 3.05) is 6.61 Å². The summed E-state index contributed by atoms with van der Waals surface area (Å²) in [6.07, 6.45) is 1.91. The third-order valence-corrected chi connectivity index (χ3v) is 1.77. The van der Waals surface area contributed by atoms with Gasteiger partial charge in [-0.3, -0.25) is 0 Å². The lowest BCUT2D eigenvalue weighted by atomic mass is 10.3. The first-order chi connectivity index (χ1) is 5.74. The fourth-order valence-electron chi connectivity index (χ4n) is 0.890. The van der Waals surface area contributed by atoms with Gasteiger partial charge in [0.25, 0.3) is 0 Å². The van der Waals surface area contributed by atoms with Gasteiger partial charge < -0.3 is 4.74 Å². The molecule has 0 aromatic carbocycles. The van der Waals surface area contributed by atoms with E-state index in [1.54, 1.807) is 6.92 Å². The van der Waals surface area contributed by atoms with Crippen LogP contribution < -0.4 is 5.43 Å². The average Bonchev–Trinajstić information content (AvgIpc) is 2.83. The van der Waals surface area contributed by atoms with Crippen molar-refractivity contribution in [3.8, 4) is 0 Å². The highest BCUT2D eigenvalue weighted by atomic mass is 16.5. The molecule has 0 saturated heterocycles. The van der Waals surface area contributed by atoms with Gasteiger partial charge in [0.05, 0.1) is 6.61 Å². The molecule has 0 spiro atoms. The number of hydrogen-bond donors (Lipinski definition) is 1. The minimum absolute atomic E-state index is 0.379. The highest BCUT2D eigenvalue weighted by Crippen LogP contribution is 2.30. The quantitative estimate of drug-likeness (QED) is 0.515. The van der Waals surface area contributed by atoms with Crippen LogP contribution >= 0.6 is 0 Å². The van der Waals surface area contributed by atoms with Crippen molar-refractivity contribution in [3.05, 3.63) is 0 Å². The van der Waals surface area contributed by atoms with Crippen LogP contribution in [-0.4, -0.2) is 18.4 Å². The molecule has 12 heavy (non-hydrogen) atoms. The maximum absolute atomic E-state index is 10.8. The van der Waals surface area contributed by atoms with Gasteiger partial charge in [-0.15, -0.1) is 0 Å². The van der Waals surface area contributed by atoms with Crippen LogP contribution in [0.1, 0.15) is 26.7 Å². The van der Waals surface area contributed by atoms with Crippen LogP contribution in [0.15, 0.2) is 5.10 Å². The van der Waals surface area contributed by atoms with E-state index in [9.17, 15) is 4.79 Å². The van der Waals surface area contributed by atoms with Crippen LogP contribution in [0.4, 0.5) is 4.79 Å². The van der Waals surface area contributed by atoms with Crippen molar-refractivity contribution in [1.29, 1.82) is 0 Å². The average molecular weight is 170 g/mol. The Labute approximate surface area is 72.0 Å². The van der Waals surface area contributed by atoms with E-state index < -0.39 is 6.09 Å². The Kier molecular flexibility index (Phi) is 3.08. The summed E-state index contributed by atoms with van der Waals surface area (Å²) in [5, 5.41) is 3.90. The molecule has 0 bridgehead atoms.